The molecular weight excluding hydrogens is 272 g/mol. The third-order valence-corrected chi connectivity index (χ3v) is 2.66. The van der Waals surface area contributed by atoms with Crippen molar-refractivity contribution in [1.82, 2.24) is 10.3 Å². The summed E-state index contributed by atoms with van der Waals surface area (Å²) >= 11 is 0. The van der Waals surface area contributed by atoms with Gasteiger partial charge < -0.3 is 10.6 Å². The Labute approximate surface area is 124 Å². The number of carbonyl (C=O) groups excluding carboxylic acids is 1. The fourth-order valence-corrected chi connectivity index (χ4v) is 1.57. The van der Waals surface area contributed by atoms with Gasteiger partial charge >= 0.3 is 0 Å². The zero-order valence-electron chi connectivity index (χ0n) is 12.9. The van der Waals surface area contributed by atoms with Crippen LogP contribution in [0.25, 0.3) is 0 Å². The van der Waals surface area contributed by atoms with Gasteiger partial charge in [0.25, 0.3) is 11.6 Å². The molecule has 116 valence electrons. The number of amides is 1. The summed E-state index contributed by atoms with van der Waals surface area (Å²) in [5, 5.41) is 16.8. The first kappa shape index (κ1) is 16.9. The van der Waals surface area contributed by atoms with Gasteiger partial charge in [0.15, 0.2) is 0 Å². The Morgan fingerprint density at radius 2 is 2.10 bits per heavy atom. The maximum atomic E-state index is 12.2. The van der Waals surface area contributed by atoms with Crippen molar-refractivity contribution in [2.75, 3.05) is 18.4 Å². The predicted molar refractivity (Wildman–Crippen MR) is 81.5 cm³/mol. The normalized spacial score (nSPS) is 11.0. The molecule has 1 rings (SSSR count). The second-order valence-corrected chi connectivity index (χ2v) is 6.01. The monoisotopic (exact) mass is 294 g/mol. The van der Waals surface area contributed by atoms with Crippen molar-refractivity contribution in [2.24, 2.45) is 5.41 Å². The maximum Gasteiger partial charge on any atom is 0.300 e. The highest BCUT2D eigenvalue weighted by molar-refractivity contribution is 5.98. The van der Waals surface area contributed by atoms with Crippen molar-refractivity contribution in [1.29, 1.82) is 0 Å². The molecular formula is C14H22N4O3. The SMILES string of the molecule is CCCNc1cc(C(=O)NCC(C)(C)C)c([N+](=O)[O-])cn1. The van der Waals surface area contributed by atoms with E-state index in [4.69, 9.17) is 0 Å². The molecule has 2 N–H and O–H groups in total. The first-order chi connectivity index (χ1) is 9.74. The third-order valence-electron chi connectivity index (χ3n) is 2.66. The summed E-state index contributed by atoms with van der Waals surface area (Å²) in [6.45, 7) is 9.04. The lowest BCUT2D eigenvalue weighted by Crippen LogP contribution is -2.32. The number of rotatable bonds is 6. The van der Waals surface area contributed by atoms with E-state index in [0.717, 1.165) is 12.6 Å². The van der Waals surface area contributed by atoms with Crippen LogP contribution in [0.1, 0.15) is 44.5 Å². The Bertz CT molecular complexity index is 523. The fraction of sp³-hybridized carbons (Fsp3) is 0.571. The quantitative estimate of drug-likeness (QED) is 0.621. The summed E-state index contributed by atoms with van der Waals surface area (Å²) in [6.07, 6.45) is 2.01. The smallest absolute Gasteiger partial charge is 0.300 e. The first-order valence-electron chi connectivity index (χ1n) is 6.91. The highest BCUT2D eigenvalue weighted by atomic mass is 16.6. The molecule has 0 radical (unpaired) electrons. The van der Waals surface area contributed by atoms with Crippen LogP contribution in [0.3, 0.4) is 0 Å². The van der Waals surface area contributed by atoms with Gasteiger partial charge in [-0.25, -0.2) is 4.98 Å². The van der Waals surface area contributed by atoms with Gasteiger partial charge in [-0.05, 0) is 11.8 Å². The summed E-state index contributed by atoms with van der Waals surface area (Å²) in [6, 6.07) is 1.42. The number of nitrogens with one attached hydrogen (secondary N) is 2. The van der Waals surface area contributed by atoms with E-state index in [0.29, 0.717) is 18.9 Å². The van der Waals surface area contributed by atoms with Gasteiger partial charge in [-0.3, -0.25) is 14.9 Å². The van der Waals surface area contributed by atoms with E-state index >= 15 is 0 Å². The molecule has 0 bridgehead atoms. The van der Waals surface area contributed by atoms with Crippen LogP contribution in [0, 0.1) is 15.5 Å². The lowest BCUT2D eigenvalue weighted by molar-refractivity contribution is -0.385. The number of hydrogen-bond donors (Lipinski definition) is 2. The van der Waals surface area contributed by atoms with Crippen LogP contribution in [0.15, 0.2) is 12.3 Å². The molecule has 1 aromatic rings. The topological polar surface area (TPSA) is 97.2 Å². The van der Waals surface area contributed by atoms with Crippen LogP contribution in [0.5, 0.6) is 0 Å². The van der Waals surface area contributed by atoms with Crippen molar-refractivity contribution in [3.63, 3.8) is 0 Å². The number of hydrogen-bond acceptors (Lipinski definition) is 5. The standard InChI is InChI=1S/C14H22N4O3/c1-5-6-15-12-7-10(11(8-16-12)18(20)21)13(19)17-9-14(2,3)4/h7-8H,5-6,9H2,1-4H3,(H,15,16)(H,17,19). The largest absolute Gasteiger partial charge is 0.370 e. The summed E-state index contributed by atoms with van der Waals surface area (Å²) in [5.41, 5.74) is -0.359. The Hall–Kier alpha value is -2.18. The Morgan fingerprint density at radius 1 is 1.43 bits per heavy atom. The van der Waals surface area contributed by atoms with E-state index in [9.17, 15) is 14.9 Å². The minimum Gasteiger partial charge on any atom is -0.370 e. The molecule has 0 aliphatic rings. The van der Waals surface area contributed by atoms with Crippen molar-refractivity contribution in [3.05, 3.63) is 27.9 Å². The minimum atomic E-state index is -0.595. The molecule has 7 heteroatoms. The van der Waals surface area contributed by atoms with Crippen LogP contribution in [-0.4, -0.2) is 28.9 Å². The van der Waals surface area contributed by atoms with Gasteiger partial charge in [-0.15, -0.1) is 0 Å². The molecule has 7 nitrogen and oxygen atoms in total. The first-order valence-corrected chi connectivity index (χ1v) is 6.91. The average Bonchev–Trinajstić information content (AvgIpc) is 2.41. The zero-order chi connectivity index (χ0) is 16.0. The van der Waals surface area contributed by atoms with E-state index < -0.39 is 10.8 Å². The number of carbonyl (C=O) groups is 1. The maximum absolute atomic E-state index is 12.2. The highest BCUT2D eigenvalue weighted by Crippen LogP contribution is 2.21. The Balaban J connectivity index is 2.99. The van der Waals surface area contributed by atoms with E-state index in [2.05, 4.69) is 15.6 Å². The minimum absolute atomic E-state index is 0.0258. The second kappa shape index (κ2) is 7.01. The number of pyridine rings is 1. The molecule has 0 aliphatic heterocycles. The molecule has 21 heavy (non-hydrogen) atoms. The lowest BCUT2D eigenvalue weighted by atomic mass is 9.97. The average molecular weight is 294 g/mol. The summed E-state index contributed by atoms with van der Waals surface area (Å²) < 4.78 is 0. The molecule has 0 aliphatic carbocycles. The van der Waals surface area contributed by atoms with E-state index in [-0.39, 0.29) is 16.7 Å². The second-order valence-electron chi connectivity index (χ2n) is 6.01. The number of anilines is 1. The number of nitro groups is 1. The molecule has 0 unspecified atom stereocenters. The summed E-state index contributed by atoms with van der Waals surface area (Å²) in [7, 11) is 0. The Kier molecular flexibility index (Phi) is 5.63. The number of aromatic nitrogens is 1. The molecule has 0 saturated carbocycles. The van der Waals surface area contributed by atoms with Crippen molar-refractivity contribution >= 4 is 17.4 Å². The molecule has 0 saturated heterocycles. The predicted octanol–water partition coefficient (Wildman–Crippen LogP) is 2.59. The molecule has 0 fully saturated rings. The van der Waals surface area contributed by atoms with Gasteiger partial charge in [-0.2, -0.15) is 0 Å². The highest BCUT2D eigenvalue weighted by Gasteiger charge is 2.22. The summed E-state index contributed by atoms with van der Waals surface area (Å²) in [4.78, 5) is 26.6. The van der Waals surface area contributed by atoms with Gasteiger partial charge in [0.05, 0.1) is 4.92 Å². The van der Waals surface area contributed by atoms with Gasteiger partial charge in [0, 0.05) is 19.2 Å². The molecule has 1 aromatic heterocycles. The molecule has 1 amide bonds. The summed E-state index contributed by atoms with van der Waals surface area (Å²) in [5.74, 6) is 0.00179. The third kappa shape index (κ3) is 5.37. The number of nitrogens with zero attached hydrogens (tertiary/aromatic N) is 2. The van der Waals surface area contributed by atoms with E-state index in [1.807, 2.05) is 27.7 Å². The van der Waals surface area contributed by atoms with E-state index in [1.165, 1.54) is 6.07 Å². The van der Waals surface area contributed by atoms with Crippen LogP contribution in [-0.2, 0) is 0 Å². The van der Waals surface area contributed by atoms with Gasteiger partial charge in [0.2, 0.25) is 0 Å². The zero-order valence-corrected chi connectivity index (χ0v) is 12.9. The van der Waals surface area contributed by atoms with E-state index in [1.54, 1.807) is 0 Å². The lowest BCUT2D eigenvalue weighted by Gasteiger charge is -2.18. The molecule has 0 atom stereocenters. The molecule has 0 aromatic carbocycles. The van der Waals surface area contributed by atoms with Crippen LogP contribution < -0.4 is 10.6 Å². The molecule has 0 spiro atoms. The fourth-order valence-electron chi connectivity index (χ4n) is 1.57. The molecule has 1 heterocycles. The van der Waals surface area contributed by atoms with Crippen LogP contribution in [0.4, 0.5) is 11.5 Å². The van der Waals surface area contributed by atoms with Crippen molar-refractivity contribution < 1.29 is 9.72 Å². The van der Waals surface area contributed by atoms with Gasteiger partial charge in [-0.1, -0.05) is 27.7 Å². The van der Waals surface area contributed by atoms with Crippen molar-refractivity contribution in [2.45, 2.75) is 34.1 Å². The van der Waals surface area contributed by atoms with Crippen LogP contribution >= 0.6 is 0 Å². The Morgan fingerprint density at radius 3 is 2.62 bits per heavy atom. The van der Waals surface area contributed by atoms with Crippen LogP contribution in [0.2, 0.25) is 0 Å². The van der Waals surface area contributed by atoms with Crippen molar-refractivity contribution in [3.8, 4) is 0 Å². The van der Waals surface area contributed by atoms with Gasteiger partial charge in [0.1, 0.15) is 17.6 Å².